The maximum atomic E-state index is 13.6. The van der Waals surface area contributed by atoms with Crippen molar-refractivity contribution >= 4 is 63.2 Å². The van der Waals surface area contributed by atoms with Crippen LogP contribution in [0.3, 0.4) is 0 Å². The minimum Gasteiger partial charge on any atom is -0.372 e. The van der Waals surface area contributed by atoms with E-state index in [0.29, 0.717) is 10.9 Å². The lowest BCUT2D eigenvalue weighted by Gasteiger charge is -2.29. The zero-order valence-electron chi connectivity index (χ0n) is 19.2. The number of nitrogens with one attached hydrogen (secondary N) is 1. The van der Waals surface area contributed by atoms with Gasteiger partial charge in [0.1, 0.15) is 17.5 Å². The molecule has 1 N–H and O–H groups in total. The molecule has 1 unspecified atom stereocenters. The Balaban J connectivity index is 1.52. The minimum atomic E-state index is -1.92. The number of pyridine rings is 1. The Bertz CT molecular complexity index is 1420. The van der Waals surface area contributed by atoms with Crippen molar-refractivity contribution in [2.24, 2.45) is 0 Å². The van der Waals surface area contributed by atoms with E-state index in [1.165, 1.54) is 59.8 Å². The summed E-state index contributed by atoms with van der Waals surface area (Å²) in [6, 6.07) is 15.5. The van der Waals surface area contributed by atoms with Gasteiger partial charge in [-0.3, -0.25) is 9.36 Å². The third-order valence-corrected chi connectivity index (χ3v) is 6.89. The number of rotatable bonds is 5. The molecule has 36 heavy (non-hydrogen) atoms. The molecule has 186 valence electrons. The Kier molecular flexibility index (Phi) is 7.06. The van der Waals surface area contributed by atoms with Gasteiger partial charge in [0.25, 0.3) is 5.56 Å². The van der Waals surface area contributed by atoms with Crippen LogP contribution in [0.1, 0.15) is 30.9 Å². The molecule has 1 atom stereocenters. The monoisotopic (exact) mass is 545 g/mol. The number of halogens is 4. The van der Waals surface area contributed by atoms with Gasteiger partial charge in [-0.25, -0.2) is 9.37 Å². The summed E-state index contributed by atoms with van der Waals surface area (Å²) < 4.78 is 13.0. The summed E-state index contributed by atoms with van der Waals surface area (Å²) in [5.41, 5.74) is 2.30. The van der Waals surface area contributed by atoms with E-state index in [9.17, 15) is 9.18 Å². The average Bonchev–Trinajstić information content (AvgIpc) is 2.87. The van der Waals surface area contributed by atoms with Gasteiger partial charge in [0.05, 0.1) is 0 Å². The fraction of sp³-hybridized carbons (Fsp3) is 0.269. The Morgan fingerprint density at radius 1 is 0.917 bits per heavy atom. The number of anilines is 3. The van der Waals surface area contributed by atoms with Crippen molar-refractivity contribution in [2.75, 3.05) is 23.3 Å². The summed E-state index contributed by atoms with van der Waals surface area (Å²) in [5.74, 6) is -0.151. The quantitative estimate of drug-likeness (QED) is 0.285. The smallest absolute Gasteiger partial charge is 0.252 e. The van der Waals surface area contributed by atoms with Crippen molar-refractivity contribution in [3.63, 3.8) is 0 Å². The fourth-order valence-electron chi connectivity index (χ4n) is 4.51. The van der Waals surface area contributed by atoms with Crippen LogP contribution in [0.15, 0.2) is 71.7 Å². The highest BCUT2D eigenvalue weighted by Gasteiger charge is 2.37. The molecular formula is C26H23Cl3FN5O. The Labute approximate surface area is 222 Å². The molecule has 4 aromatic rings. The van der Waals surface area contributed by atoms with Crippen LogP contribution in [0.4, 0.5) is 21.7 Å². The lowest BCUT2D eigenvalue weighted by Crippen LogP contribution is -2.33. The molecule has 1 saturated heterocycles. The second-order valence-corrected chi connectivity index (χ2v) is 11.1. The van der Waals surface area contributed by atoms with Crippen LogP contribution in [-0.4, -0.2) is 31.4 Å². The van der Waals surface area contributed by atoms with Crippen LogP contribution in [0, 0.1) is 5.82 Å². The molecule has 1 aliphatic rings. The van der Waals surface area contributed by atoms with E-state index in [1.54, 1.807) is 12.3 Å². The van der Waals surface area contributed by atoms with Crippen LogP contribution in [0.5, 0.6) is 0 Å². The molecule has 10 heteroatoms. The zero-order valence-corrected chi connectivity index (χ0v) is 21.4. The lowest BCUT2D eigenvalue weighted by molar-refractivity contribution is 0.578. The molecule has 0 aliphatic carbocycles. The van der Waals surface area contributed by atoms with Crippen LogP contribution in [-0.2, 0) is 0 Å². The molecule has 0 saturated carbocycles. The second-order valence-electron chi connectivity index (χ2n) is 8.73. The summed E-state index contributed by atoms with van der Waals surface area (Å²) in [7, 11) is 0. The molecule has 0 amide bonds. The maximum absolute atomic E-state index is 13.6. The molecule has 3 heterocycles. The van der Waals surface area contributed by atoms with Gasteiger partial charge in [0.15, 0.2) is 0 Å². The van der Waals surface area contributed by atoms with E-state index >= 15 is 0 Å². The van der Waals surface area contributed by atoms with Gasteiger partial charge in [0.2, 0.25) is 9.74 Å². The second kappa shape index (κ2) is 10.2. The molecule has 0 radical (unpaired) electrons. The summed E-state index contributed by atoms with van der Waals surface area (Å²) >= 11 is 19.0. The number of hydrogen-bond acceptors (Lipinski definition) is 5. The molecule has 0 bridgehead atoms. The van der Waals surface area contributed by atoms with Gasteiger partial charge in [-0.15, -0.1) is 0 Å². The van der Waals surface area contributed by atoms with E-state index in [-0.39, 0.29) is 11.6 Å². The van der Waals surface area contributed by atoms with Crippen LogP contribution in [0.25, 0.3) is 11.0 Å². The Hall–Kier alpha value is -2.87. The van der Waals surface area contributed by atoms with Gasteiger partial charge < -0.3 is 10.2 Å². The molecule has 2 aromatic carbocycles. The first-order valence-corrected chi connectivity index (χ1v) is 12.8. The number of benzene rings is 2. The highest BCUT2D eigenvalue weighted by Crippen LogP contribution is 2.42. The van der Waals surface area contributed by atoms with E-state index < -0.39 is 21.2 Å². The number of fused-ring (bicyclic) bond motifs is 1. The molecule has 1 fully saturated rings. The van der Waals surface area contributed by atoms with Gasteiger partial charge in [-0.2, -0.15) is 4.98 Å². The highest BCUT2D eigenvalue weighted by atomic mass is 35.6. The summed E-state index contributed by atoms with van der Waals surface area (Å²) in [5, 5.41) is 3.78. The lowest BCUT2D eigenvalue weighted by atomic mass is 10.1. The molecule has 5 rings (SSSR count). The first-order valence-electron chi connectivity index (χ1n) is 11.6. The number of alkyl halides is 3. The van der Waals surface area contributed by atoms with Crippen LogP contribution >= 0.6 is 34.8 Å². The van der Waals surface area contributed by atoms with E-state index in [4.69, 9.17) is 34.8 Å². The number of piperidine rings is 1. The van der Waals surface area contributed by atoms with E-state index in [1.807, 2.05) is 12.1 Å². The number of nitrogens with zero attached hydrogens (tertiary/aromatic N) is 4. The Morgan fingerprint density at radius 2 is 1.61 bits per heavy atom. The summed E-state index contributed by atoms with van der Waals surface area (Å²) in [4.78, 5) is 24.4. The molecular weight excluding hydrogens is 524 g/mol. The fourth-order valence-corrected chi connectivity index (χ4v) is 5.19. The SMILES string of the molecule is O=c1ccc2cnc(Nc3ccc(N4CCCCC4)cc3)nc2n1C(c1ccc(F)cc1)C(Cl)(Cl)Cl. The van der Waals surface area contributed by atoms with Crippen molar-refractivity contribution < 1.29 is 4.39 Å². The molecule has 6 nitrogen and oxygen atoms in total. The number of aromatic nitrogens is 3. The standard InChI is InChI=1S/C26H23Cl3FN5O/c27-26(28,29)23(17-4-7-19(30)8-5-17)35-22(36)13-6-18-16-31-25(33-24(18)35)32-20-9-11-21(12-10-20)34-14-2-1-3-15-34/h4-13,16,23H,1-3,14-15H2,(H,31,32,33). The molecule has 1 aliphatic heterocycles. The topological polar surface area (TPSA) is 63.1 Å². The van der Waals surface area contributed by atoms with Gasteiger partial charge in [0, 0.05) is 42.1 Å². The van der Waals surface area contributed by atoms with E-state index in [0.717, 1.165) is 18.8 Å². The highest BCUT2D eigenvalue weighted by molar-refractivity contribution is 6.68. The third-order valence-electron chi connectivity index (χ3n) is 6.27. The maximum Gasteiger partial charge on any atom is 0.252 e. The van der Waals surface area contributed by atoms with Gasteiger partial charge in [-0.1, -0.05) is 46.9 Å². The predicted octanol–water partition coefficient (Wildman–Crippen LogP) is 6.62. The summed E-state index contributed by atoms with van der Waals surface area (Å²) in [6.45, 7) is 2.13. The van der Waals surface area contributed by atoms with Crippen molar-refractivity contribution in [3.05, 3.63) is 88.6 Å². The predicted molar refractivity (Wildman–Crippen MR) is 144 cm³/mol. The first-order chi connectivity index (χ1) is 17.3. The normalized spacial score (nSPS) is 15.2. The van der Waals surface area contributed by atoms with Crippen LogP contribution in [0.2, 0.25) is 0 Å². The average molecular weight is 547 g/mol. The zero-order chi connectivity index (χ0) is 25.3. The third kappa shape index (κ3) is 5.28. The van der Waals surface area contributed by atoms with Crippen molar-refractivity contribution in [1.29, 1.82) is 0 Å². The minimum absolute atomic E-state index is 0.283. The van der Waals surface area contributed by atoms with E-state index in [2.05, 4.69) is 32.3 Å². The van der Waals surface area contributed by atoms with Crippen molar-refractivity contribution in [2.45, 2.75) is 29.1 Å². The van der Waals surface area contributed by atoms with Gasteiger partial charge in [-0.05, 0) is 67.3 Å². The van der Waals surface area contributed by atoms with Crippen molar-refractivity contribution in [1.82, 2.24) is 14.5 Å². The van der Waals surface area contributed by atoms with Crippen molar-refractivity contribution in [3.8, 4) is 0 Å². The first kappa shape index (κ1) is 24.8. The summed E-state index contributed by atoms with van der Waals surface area (Å²) in [6.07, 6.45) is 5.29. The Morgan fingerprint density at radius 3 is 2.28 bits per heavy atom. The van der Waals surface area contributed by atoms with Crippen LogP contribution < -0.4 is 15.8 Å². The molecule has 2 aromatic heterocycles. The van der Waals surface area contributed by atoms with Gasteiger partial charge >= 0.3 is 0 Å². The number of hydrogen-bond donors (Lipinski definition) is 1. The molecule has 0 spiro atoms. The largest absolute Gasteiger partial charge is 0.372 e.